The predicted molar refractivity (Wildman–Crippen MR) is 109 cm³/mol. The fraction of sp³-hybridized carbons (Fsp3) is 0.706. The molecule has 172 valence electrons. The summed E-state index contributed by atoms with van der Waals surface area (Å²) < 4.78 is 0. The van der Waals surface area contributed by atoms with Gasteiger partial charge in [-0.25, -0.2) is 4.79 Å². The Bertz CT molecular complexity index is 631. The quantitative estimate of drug-likeness (QED) is 0.133. The van der Waals surface area contributed by atoms with Crippen molar-refractivity contribution in [3.63, 3.8) is 0 Å². The molecular formula is C17H30N4O8S. The lowest BCUT2D eigenvalue weighted by molar-refractivity contribution is -0.143. The van der Waals surface area contributed by atoms with Crippen LogP contribution in [-0.2, 0) is 24.0 Å². The minimum absolute atomic E-state index is 0.114. The number of carbonyl (C=O) groups excluding carboxylic acids is 3. The van der Waals surface area contributed by atoms with Crippen molar-refractivity contribution in [2.24, 2.45) is 11.7 Å². The zero-order valence-electron chi connectivity index (χ0n) is 16.8. The first-order chi connectivity index (χ1) is 13.9. The van der Waals surface area contributed by atoms with Gasteiger partial charge in [0.05, 0.1) is 12.6 Å². The number of nitrogens with two attached hydrogens (primary N) is 1. The monoisotopic (exact) mass is 450 g/mol. The number of aliphatic hydroxyl groups is 1. The summed E-state index contributed by atoms with van der Waals surface area (Å²) in [6, 6.07) is -5.05. The maximum absolute atomic E-state index is 12.6. The fourth-order valence-electron chi connectivity index (χ4n) is 2.35. The summed E-state index contributed by atoms with van der Waals surface area (Å²) in [7, 11) is 0. The van der Waals surface area contributed by atoms with E-state index in [9.17, 15) is 24.0 Å². The van der Waals surface area contributed by atoms with Crippen LogP contribution in [0.25, 0.3) is 0 Å². The fourth-order valence-corrected chi connectivity index (χ4v) is 2.61. The largest absolute Gasteiger partial charge is 0.481 e. The minimum Gasteiger partial charge on any atom is -0.481 e. The van der Waals surface area contributed by atoms with E-state index in [0.29, 0.717) is 6.42 Å². The van der Waals surface area contributed by atoms with Crippen LogP contribution < -0.4 is 21.7 Å². The van der Waals surface area contributed by atoms with Crippen molar-refractivity contribution in [3.05, 3.63) is 0 Å². The number of amides is 3. The molecule has 0 fully saturated rings. The number of thiol groups is 1. The van der Waals surface area contributed by atoms with Gasteiger partial charge in [-0.05, 0) is 18.8 Å². The molecule has 0 spiro atoms. The summed E-state index contributed by atoms with van der Waals surface area (Å²) in [5.74, 6) is -5.19. The molecule has 0 saturated carbocycles. The second-order valence-electron chi connectivity index (χ2n) is 7.06. The number of aliphatic carboxylic acids is 2. The number of aliphatic hydroxyl groups excluding tert-OH is 1. The van der Waals surface area contributed by atoms with Gasteiger partial charge in [0.1, 0.15) is 18.1 Å². The Kier molecular flexibility index (Phi) is 12.7. The molecule has 0 radical (unpaired) electrons. The highest BCUT2D eigenvalue weighted by Crippen LogP contribution is 2.05. The Labute approximate surface area is 179 Å². The maximum atomic E-state index is 12.6. The average Bonchev–Trinajstić information content (AvgIpc) is 2.65. The second kappa shape index (κ2) is 13.8. The zero-order chi connectivity index (χ0) is 23.4. The van der Waals surface area contributed by atoms with Gasteiger partial charge in [-0.1, -0.05) is 13.8 Å². The molecule has 4 unspecified atom stereocenters. The number of nitrogens with one attached hydrogen (secondary N) is 3. The Morgan fingerprint density at radius 2 is 1.40 bits per heavy atom. The summed E-state index contributed by atoms with van der Waals surface area (Å²) in [5, 5.41) is 33.5. The van der Waals surface area contributed by atoms with Gasteiger partial charge < -0.3 is 37.0 Å². The molecule has 0 aliphatic carbocycles. The standard InChI is InChI=1S/C17H30N4O8S/c1-8(2)5-9(18)14(25)19-10(3-4-13(23)24)15(26)21-12(7-30)16(27)20-11(6-22)17(28)29/h8-12,22,30H,3-7,18H2,1-2H3,(H,19,25)(H,20,27)(H,21,26)(H,23,24)(H,28,29). The SMILES string of the molecule is CC(C)CC(N)C(=O)NC(CCC(=O)O)C(=O)NC(CS)C(=O)NC(CO)C(=O)O. The third kappa shape index (κ3) is 10.4. The molecule has 0 saturated heterocycles. The van der Waals surface area contributed by atoms with E-state index in [1.54, 1.807) is 0 Å². The van der Waals surface area contributed by atoms with E-state index < -0.39 is 66.9 Å². The van der Waals surface area contributed by atoms with Crippen molar-refractivity contribution >= 4 is 42.3 Å². The van der Waals surface area contributed by atoms with E-state index in [2.05, 4.69) is 23.3 Å². The lowest BCUT2D eigenvalue weighted by atomic mass is 10.0. The molecule has 0 aromatic heterocycles. The van der Waals surface area contributed by atoms with Crippen LogP contribution in [-0.4, -0.2) is 81.5 Å². The first-order valence-electron chi connectivity index (χ1n) is 9.25. The molecule has 0 aromatic carbocycles. The normalized spacial score (nSPS) is 14.9. The van der Waals surface area contributed by atoms with E-state index in [0.717, 1.165) is 0 Å². The van der Waals surface area contributed by atoms with Crippen molar-refractivity contribution in [3.8, 4) is 0 Å². The summed E-state index contributed by atoms with van der Waals surface area (Å²) >= 11 is 3.94. The molecule has 8 N–H and O–H groups in total. The lowest BCUT2D eigenvalue weighted by Crippen LogP contribution is -2.58. The van der Waals surface area contributed by atoms with Gasteiger partial charge in [0.25, 0.3) is 0 Å². The topological polar surface area (TPSA) is 208 Å². The van der Waals surface area contributed by atoms with Gasteiger partial charge in [-0.3, -0.25) is 19.2 Å². The van der Waals surface area contributed by atoms with Gasteiger partial charge in [0, 0.05) is 12.2 Å². The number of hydrogen-bond donors (Lipinski definition) is 8. The number of rotatable bonds is 14. The third-order valence-electron chi connectivity index (χ3n) is 3.95. The van der Waals surface area contributed by atoms with Crippen molar-refractivity contribution in [1.82, 2.24) is 16.0 Å². The molecule has 0 aliphatic rings. The first kappa shape index (κ1) is 27.6. The van der Waals surface area contributed by atoms with Gasteiger partial charge in [0.15, 0.2) is 0 Å². The molecule has 3 amide bonds. The van der Waals surface area contributed by atoms with Crippen LogP contribution in [0.3, 0.4) is 0 Å². The molecule has 0 bridgehead atoms. The lowest BCUT2D eigenvalue weighted by Gasteiger charge is -2.24. The molecule has 0 aromatic rings. The Morgan fingerprint density at radius 1 is 0.900 bits per heavy atom. The maximum Gasteiger partial charge on any atom is 0.328 e. The second-order valence-corrected chi connectivity index (χ2v) is 7.42. The Hall–Kier alpha value is -2.38. The van der Waals surface area contributed by atoms with Crippen molar-refractivity contribution < 1.29 is 39.3 Å². The molecule has 0 aliphatic heterocycles. The highest BCUT2D eigenvalue weighted by Gasteiger charge is 2.30. The number of carboxylic acid groups (broad SMARTS) is 2. The zero-order valence-corrected chi connectivity index (χ0v) is 17.7. The third-order valence-corrected chi connectivity index (χ3v) is 4.32. The van der Waals surface area contributed by atoms with Crippen molar-refractivity contribution in [2.45, 2.75) is 57.3 Å². The molecule has 13 heteroatoms. The smallest absolute Gasteiger partial charge is 0.328 e. The van der Waals surface area contributed by atoms with E-state index in [4.69, 9.17) is 21.1 Å². The highest BCUT2D eigenvalue weighted by atomic mass is 32.1. The summed E-state index contributed by atoms with van der Waals surface area (Å²) in [6.45, 7) is 2.85. The predicted octanol–water partition coefficient (Wildman–Crippen LogP) is -2.31. The van der Waals surface area contributed by atoms with Gasteiger partial charge in [0.2, 0.25) is 17.7 Å². The highest BCUT2D eigenvalue weighted by molar-refractivity contribution is 7.80. The van der Waals surface area contributed by atoms with Crippen LogP contribution in [0.4, 0.5) is 0 Å². The average molecular weight is 451 g/mol. The van der Waals surface area contributed by atoms with Crippen LogP contribution in [0.2, 0.25) is 0 Å². The molecular weight excluding hydrogens is 420 g/mol. The van der Waals surface area contributed by atoms with E-state index in [1.807, 2.05) is 19.2 Å². The van der Waals surface area contributed by atoms with Gasteiger partial charge in [-0.15, -0.1) is 0 Å². The molecule has 30 heavy (non-hydrogen) atoms. The summed E-state index contributed by atoms with van der Waals surface area (Å²) in [5.41, 5.74) is 5.78. The van der Waals surface area contributed by atoms with Crippen LogP contribution in [0, 0.1) is 5.92 Å². The van der Waals surface area contributed by atoms with Crippen molar-refractivity contribution in [1.29, 1.82) is 0 Å². The Morgan fingerprint density at radius 3 is 1.83 bits per heavy atom. The van der Waals surface area contributed by atoms with Crippen molar-refractivity contribution in [2.75, 3.05) is 12.4 Å². The van der Waals surface area contributed by atoms with E-state index >= 15 is 0 Å². The number of carboxylic acids is 2. The minimum atomic E-state index is -1.58. The molecule has 12 nitrogen and oxygen atoms in total. The van der Waals surface area contributed by atoms with E-state index in [-0.39, 0.29) is 18.1 Å². The summed E-state index contributed by atoms with van der Waals surface area (Å²) in [4.78, 5) is 58.8. The van der Waals surface area contributed by atoms with Crippen LogP contribution in [0.15, 0.2) is 0 Å². The Balaban J connectivity index is 5.22. The van der Waals surface area contributed by atoms with Crippen LogP contribution in [0.5, 0.6) is 0 Å². The first-order valence-corrected chi connectivity index (χ1v) is 9.89. The molecule has 0 rings (SSSR count). The van der Waals surface area contributed by atoms with Gasteiger partial charge in [-0.2, -0.15) is 12.6 Å². The summed E-state index contributed by atoms with van der Waals surface area (Å²) in [6.07, 6.45) is -0.337. The number of carbonyl (C=O) groups is 5. The number of hydrogen-bond acceptors (Lipinski definition) is 8. The van der Waals surface area contributed by atoms with Gasteiger partial charge >= 0.3 is 11.9 Å². The van der Waals surface area contributed by atoms with Crippen LogP contribution in [0.1, 0.15) is 33.1 Å². The van der Waals surface area contributed by atoms with Crippen LogP contribution >= 0.6 is 12.6 Å². The van der Waals surface area contributed by atoms with E-state index in [1.165, 1.54) is 0 Å². The molecule has 0 heterocycles. The molecule has 4 atom stereocenters.